The van der Waals surface area contributed by atoms with Crippen LogP contribution in [0.15, 0.2) is 36.4 Å². The third kappa shape index (κ3) is 3.20. The number of hydrogen-bond donors (Lipinski definition) is 5. The molecule has 138 valence electrons. The number of fused-ring (bicyclic) bond motifs is 3. The van der Waals surface area contributed by atoms with Crippen LogP contribution in [-0.2, 0) is 0 Å². The normalized spacial score (nSPS) is 11.2. The van der Waals surface area contributed by atoms with E-state index in [0.29, 0.717) is 34.6 Å². The van der Waals surface area contributed by atoms with Gasteiger partial charge in [-0.05, 0) is 30.3 Å². The number of halogens is 1. The fourth-order valence-corrected chi connectivity index (χ4v) is 2.97. The van der Waals surface area contributed by atoms with Crippen LogP contribution in [0.1, 0.15) is 16.9 Å². The predicted molar refractivity (Wildman–Crippen MR) is 100 cm³/mol. The van der Waals surface area contributed by atoms with E-state index in [4.69, 9.17) is 0 Å². The van der Waals surface area contributed by atoms with Gasteiger partial charge in [-0.25, -0.2) is 4.39 Å². The highest BCUT2D eigenvalue weighted by molar-refractivity contribution is 6.15. The van der Waals surface area contributed by atoms with Crippen molar-refractivity contribution in [3.63, 3.8) is 0 Å². The van der Waals surface area contributed by atoms with Gasteiger partial charge >= 0.3 is 0 Å². The largest absolute Gasteiger partial charge is 0.358 e. The zero-order valence-corrected chi connectivity index (χ0v) is 14.5. The molecule has 0 aliphatic rings. The summed E-state index contributed by atoms with van der Waals surface area (Å²) in [6, 6.07) is 9.78. The number of carbonyl (C=O) groups excluding carboxylic acids is 1. The number of benzene rings is 2. The number of aromatic amines is 2. The summed E-state index contributed by atoms with van der Waals surface area (Å²) in [6.07, 6.45) is 0.811. The van der Waals surface area contributed by atoms with Crippen LogP contribution in [0.25, 0.3) is 21.8 Å². The van der Waals surface area contributed by atoms with Crippen molar-refractivity contribution in [1.29, 1.82) is 0 Å². The second kappa shape index (κ2) is 7.04. The standard InChI is InChI=1S/C18H18FN7O/c19-10-3-1-4-11(9-10)22-17-14-13(23-26-17)6-5-12-15(14)24-25-16(12)18(27)21-8-2-7-20/h1,3-6,9H,2,7-8,20H2,(H,21,27)(H,24,25)(H2,22,23,26)/p+1. The second-order valence-electron chi connectivity index (χ2n) is 6.15. The molecule has 0 bridgehead atoms. The van der Waals surface area contributed by atoms with E-state index in [1.165, 1.54) is 12.1 Å². The van der Waals surface area contributed by atoms with Gasteiger partial charge in [0.25, 0.3) is 5.91 Å². The average Bonchev–Trinajstić information content (AvgIpc) is 3.26. The van der Waals surface area contributed by atoms with Gasteiger partial charge in [0.15, 0.2) is 5.82 Å². The summed E-state index contributed by atoms with van der Waals surface area (Å²) >= 11 is 0. The van der Waals surface area contributed by atoms with Crippen molar-refractivity contribution in [1.82, 2.24) is 25.7 Å². The zero-order chi connectivity index (χ0) is 18.8. The van der Waals surface area contributed by atoms with Gasteiger partial charge in [-0.2, -0.15) is 10.2 Å². The molecule has 8 nitrogen and oxygen atoms in total. The third-order valence-electron chi connectivity index (χ3n) is 4.28. The van der Waals surface area contributed by atoms with Crippen LogP contribution in [0.2, 0.25) is 0 Å². The quantitative estimate of drug-likeness (QED) is 0.332. The van der Waals surface area contributed by atoms with E-state index in [2.05, 4.69) is 36.8 Å². The lowest BCUT2D eigenvalue weighted by molar-refractivity contribution is -0.367. The SMILES string of the molecule is [NH3+]CCCNC(=O)c1[nH]nc2c1ccc1[nH]nc(Nc3cccc(F)c3)c12. The summed E-state index contributed by atoms with van der Waals surface area (Å²) in [6.45, 7) is 1.32. The molecule has 9 heteroatoms. The van der Waals surface area contributed by atoms with Crippen LogP contribution < -0.4 is 16.4 Å². The molecule has 0 aliphatic carbocycles. The summed E-state index contributed by atoms with van der Waals surface area (Å²) in [5, 5.41) is 21.7. The van der Waals surface area contributed by atoms with Crippen LogP contribution >= 0.6 is 0 Å². The molecule has 2 aromatic carbocycles. The van der Waals surface area contributed by atoms with Gasteiger partial charge in [0.2, 0.25) is 0 Å². The smallest absolute Gasteiger partial charge is 0.269 e. The van der Waals surface area contributed by atoms with Gasteiger partial charge in [-0.15, -0.1) is 0 Å². The molecule has 0 atom stereocenters. The van der Waals surface area contributed by atoms with E-state index in [1.54, 1.807) is 12.1 Å². The lowest BCUT2D eigenvalue weighted by atomic mass is 10.1. The van der Waals surface area contributed by atoms with Gasteiger partial charge < -0.3 is 16.4 Å². The van der Waals surface area contributed by atoms with Crippen molar-refractivity contribution in [3.05, 3.63) is 47.9 Å². The molecule has 1 amide bonds. The van der Waals surface area contributed by atoms with E-state index in [-0.39, 0.29) is 11.7 Å². The van der Waals surface area contributed by atoms with E-state index < -0.39 is 0 Å². The first-order valence-electron chi connectivity index (χ1n) is 8.62. The average molecular weight is 368 g/mol. The van der Waals surface area contributed by atoms with Crippen LogP contribution in [0.4, 0.5) is 15.9 Å². The minimum Gasteiger partial charge on any atom is -0.358 e. The van der Waals surface area contributed by atoms with Crippen LogP contribution in [0, 0.1) is 5.82 Å². The second-order valence-corrected chi connectivity index (χ2v) is 6.15. The Bertz CT molecular complexity index is 1120. The van der Waals surface area contributed by atoms with Crippen LogP contribution in [0.3, 0.4) is 0 Å². The molecule has 0 aliphatic heterocycles. The molecule has 4 rings (SSSR count). The first-order chi connectivity index (χ1) is 13.2. The minimum atomic E-state index is -0.342. The number of aromatic nitrogens is 4. The van der Waals surface area contributed by atoms with Crippen molar-refractivity contribution in [2.75, 3.05) is 18.4 Å². The topological polar surface area (TPSA) is 126 Å². The van der Waals surface area contributed by atoms with Gasteiger partial charge in [0, 0.05) is 24.0 Å². The Hall–Kier alpha value is -3.46. The van der Waals surface area contributed by atoms with Crippen molar-refractivity contribution in [2.45, 2.75) is 6.42 Å². The summed E-state index contributed by atoms with van der Waals surface area (Å²) in [5.74, 6) is -0.0452. The maximum Gasteiger partial charge on any atom is 0.269 e. The predicted octanol–water partition coefficient (Wildman–Crippen LogP) is 1.68. The molecule has 4 aromatic rings. The highest BCUT2D eigenvalue weighted by Gasteiger charge is 2.18. The van der Waals surface area contributed by atoms with E-state index >= 15 is 0 Å². The molecule has 0 fully saturated rings. The first kappa shape index (κ1) is 17.0. The van der Waals surface area contributed by atoms with E-state index in [9.17, 15) is 9.18 Å². The number of anilines is 2. The zero-order valence-electron chi connectivity index (χ0n) is 14.5. The van der Waals surface area contributed by atoms with Crippen molar-refractivity contribution >= 4 is 39.2 Å². The molecule has 0 radical (unpaired) electrons. The van der Waals surface area contributed by atoms with Gasteiger partial charge in [0.05, 0.1) is 17.4 Å². The summed E-state index contributed by atoms with van der Waals surface area (Å²) in [4.78, 5) is 12.4. The molecular weight excluding hydrogens is 349 g/mol. The highest BCUT2D eigenvalue weighted by Crippen LogP contribution is 2.31. The first-order valence-corrected chi connectivity index (χ1v) is 8.62. The Morgan fingerprint density at radius 3 is 2.89 bits per heavy atom. The Balaban J connectivity index is 1.73. The maximum atomic E-state index is 13.4. The van der Waals surface area contributed by atoms with Gasteiger partial charge in [-0.1, -0.05) is 6.07 Å². The fourth-order valence-electron chi connectivity index (χ4n) is 2.97. The van der Waals surface area contributed by atoms with E-state index in [1.807, 2.05) is 12.1 Å². The Labute approximate surface area is 153 Å². The number of nitrogens with one attached hydrogen (secondary N) is 4. The molecule has 0 saturated heterocycles. The van der Waals surface area contributed by atoms with E-state index in [0.717, 1.165) is 23.9 Å². The molecule has 7 N–H and O–H groups in total. The Morgan fingerprint density at radius 2 is 2.07 bits per heavy atom. The number of H-pyrrole nitrogens is 2. The third-order valence-corrected chi connectivity index (χ3v) is 4.28. The maximum absolute atomic E-state index is 13.4. The monoisotopic (exact) mass is 368 g/mol. The molecular formula is C18H19FN7O+. The number of nitrogens with zero attached hydrogens (tertiary/aromatic N) is 2. The van der Waals surface area contributed by atoms with Gasteiger partial charge in [0.1, 0.15) is 17.0 Å². The lowest BCUT2D eigenvalue weighted by Gasteiger charge is -2.04. The van der Waals surface area contributed by atoms with Crippen molar-refractivity contribution < 1.29 is 14.9 Å². The fraction of sp³-hybridized carbons (Fsp3) is 0.167. The molecule has 2 aromatic heterocycles. The van der Waals surface area contributed by atoms with Crippen molar-refractivity contribution in [2.24, 2.45) is 0 Å². The summed E-state index contributed by atoms with van der Waals surface area (Å²) < 4.78 is 13.4. The highest BCUT2D eigenvalue weighted by atomic mass is 19.1. The van der Waals surface area contributed by atoms with Crippen LogP contribution in [-0.4, -0.2) is 39.4 Å². The Morgan fingerprint density at radius 1 is 1.19 bits per heavy atom. The number of amides is 1. The molecule has 0 unspecified atom stereocenters. The number of carbonyl (C=O) groups is 1. The van der Waals surface area contributed by atoms with Crippen molar-refractivity contribution in [3.8, 4) is 0 Å². The molecule has 0 saturated carbocycles. The van der Waals surface area contributed by atoms with Crippen LogP contribution in [0.5, 0.6) is 0 Å². The molecule has 0 spiro atoms. The van der Waals surface area contributed by atoms with Gasteiger partial charge in [-0.3, -0.25) is 15.0 Å². The minimum absolute atomic E-state index is 0.214. The number of quaternary nitrogens is 1. The number of hydrogen-bond acceptors (Lipinski definition) is 4. The molecule has 27 heavy (non-hydrogen) atoms. The molecule has 2 heterocycles. The lowest BCUT2D eigenvalue weighted by Crippen LogP contribution is -2.51. The number of rotatable bonds is 6. The summed E-state index contributed by atoms with van der Waals surface area (Å²) in [5.41, 5.74) is 6.10. The summed E-state index contributed by atoms with van der Waals surface area (Å²) in [7, 11) is 0. The Kier molecular flexibility index (Phi) is 4.43.